The van der Waals surface area contributed by atoms with E-state index >= 15 is 0 Å². The lowest BCUT2D eigenvalue weighted by Gasteiger charge is -2.15. The quantitative estimate of drug-likeness (QED) is 0.171. The molecule has 2 heterocycles. The molecular weight excluding hydrogens is 490 g/mol. The molecule has 4 rings (SSSR count). The van der Waals surface area contributed by atoms with Crippen molar-refractivity contribution >= 4 is 34.1 Å². The van der Waals surface area contributed by atoms with Crippen LogP contribution in [0.4, 0.5) is 20.3 Å². The number of allylic oxidation sites excluding steroid dienone is 1. The summed E-state index contributed by atoms with van der Waals surface area (Å²) in [6.45, 7) is 4.72. The average molecular weight is 515 g/mol. The molecule has 7 nitrogen and oxygen atoms in total. The third kappa shape index (κ3) is 5.99. The number of fused-ring (bicyclic) bond motifs is 1. The first-order valence-electron chi connectivity index (χ1n) is 11.3. The van der Waals surface area contributed by atoms with E-state index in [0.717, 1.165) is 17.5 Å². The van der Waals surface area contributed by atoms with Gasteiger partial charge in [-0.15, -0.1) is 0 Å². The van der Waals surface area contributed by atoms with Gasteiger partial charge in [-0.25, -0.2) is 9.97 Å². The molecule has 2 aromatic carbocycles. The van der Waals surface area contributed by atoms with Gasteiger partial charge in [0, 0.05) is 30.6 Å². The van der Waals surface area contributed by atoms with Crippen LogP contribution >= 0.6 is 11.6 Å². The van der Waals surface area contributed by atoms with Gasteiger partial charge in [0.15, 0.2) is 5.82 Å². The molecule has 2 N–H and O–H groups in total. The smallest absolute Gasteiger partial charge is 0.291 e. The summed E-state index contributed by atoms with van der Waals surface area (Å²) in [4.78, 5) is 8.72. The number of anilines is 2. The molecular formula is C26H25ClF2N4O3. The number of alkyl halides is 2. The van der Waals surface area contributed by atoms with E-state index in [9.17, 15) is 8.78 Å². The highest BCUT2D eigenvalue weighted by molar-refractivity contribution is 6.32. The second kappa shape index (κ2) is 11.5. The second-order valence-corrected chi connectivity index (χ2v) is 8.29. The Kier molecular flexibility index (Phi) is 8.14. The lowest BCUT2D eigenvalue weighted by Crippen LogP contribution is -2.08. The number of nitrogens with one attached hydrogen (secondary N) is 1. The molecule has 0 saturated carbocycles. The van der Waals surface area contributed by atoms with Crippen LogP contribution in [0.1, 0.15) is 12.0 Å². The molecule has 0 fully saturated rings. The molecule has 0 aliphatic heterocycles. The van der Waals surface area contributed by atoms with Gasteiger partial charge in [0.1, 0.15) is 23.3 Å². The molecule has 0 atom stereocenters. The number of benzene rings is 2. The number of nitrogens with zero attached hydrogens (tertiary/aromatic N) is 3. The molecule has 0 bridgehead atoms. The number of aryl methyl sites for hydroxylation is 1. The Morgan fingerprint density at radius 2 is 2.00 bits per heavy atom. The minimum Gasteiger partial charge on any atom is -0.456 e. The number of hydrogen-bond acceptors (Lipinski definition) is 6. The summed E-state index contributed by atoms with van der Waals surface area (Å²) in [5.41, 5.74) is 2.06. The molecule has 4 aromatic rings. The molecule has 36 heavy (non-hydrogen) atoms. The molecule has 10 heteroatoms. The normalized spacial score (nSPS) is 11.6. The summed E-state index contributed by atoms with van der Waals surface area (Å²) in [6.07, 6.45) is 4.76. The third-order valence-electron chi connectivity index (χ3n) is 5.37. The van der Waals surface area contributed by atoms with Crippen molar-refractivity contribution in [2.75, 3.05) is 25.1 Å². The number of aliphatic hydroxyl groups is 1. The van der Waals surface area contributed by atoms with E-state index < -0.39 is 5.92 Å². The topological polar surface area (TPSA) is 81.4 Å². The third-order valence-corrected chi connectivity index (χ3v) is 5.67. The molecule has 0 amide bonds. The SMILES string of the molecule is C=CC(F)(F)c1cccc(Oc2ccc(Nc3ncnc4ccn(CCCOCCO)c34)cc2Cl)c1. The first kappa shape index (κ1) is 25.6. The fourth-order valence-corrected chi connectivity index (χ4v) is 3.84. The van der Waals surface area contributed by atoms with E-state index in [2.05, 4.69) is 21.9 Å². The average Bonchev–Trinajstić information content (AvgIpc) is 3.30. The Morgan fingerprint density at radius 1 is 1.14 bits per heavy atom. The molecule has 0 radical (unpaired) electrons. The zero-order valence-electron chi connectivity index (χ0n) is 19.3. The number of hydrogen-bond donors (Lipinski definition) is 2. The lowest BCUT2D eigenvalue weighted by atomic mass is 10.1. The maximum absolute atomic E-state index is 13.9. The Labute approximate surface area is 212 Å². The van der Waals surface area contributed by atoms with E-state index in [1.807, 2.05) is 16.8 Å². The maximum atomic E-state index is 13.9. The van der Waals surface area contributed by atoms with Crippen LogP contribution in [0.15, 0.2) is 73.7 Å². The fourth-order valence-electron chi connectivity index (χ4n) is 3.62. The highest BCUT2D eigenvalue weighted by atomic mass is 35.5. The van der Waals surface area contributed by atoms with Crippen LogP contribution in [0.25, 0.3) is 11.0 Å². The van der Waals surface area contributed by atoms with Gasteiger partial charge in [-0.1, -0.05) is 30.3 Å². The van der Waals surface area contributed by atoms with Crippen LogP contribution in [-0.2, 0) is 17.2 Å². The first-order valence-corrected chi connectivity index (χ1v) is 11.6. The van der Waals surface area contributed by atoms with Crippen molar-refractivity contribution in [1.29, 1.82) is 0 Å². The van der Waals surface area contributed by atoms with Crippen LogP contribution in [-0.4, -0.2) is 39.5 Å². The van der Waals surface area contributed by atoms with Gasteiger partial charge in [-0.05, 0) is 48.9 Å². The largest absolute Gasteiger partial charge is 0.456 e. The van der Waals surface area contributed by atoms with Gasteiger partial charge in [-0.3, -0.25) is 0 Å². The molecule has 188 valence electrons. The molecule has 2 aromatic heterocycles. The highest BCUT2D eigenvalue weighted by Gasteiger charge is 2.27. The predicted octanol–water partition coefficient (Wildman–Crippen LogP) is 6.30. The summed E-state index contributed by atoms with van der Waals surface area (Å²) in [7, 11) is 0. The van der Waals surface area contributed by atoms with Gasteiger partial charge in [0.2, 0.25) is 0 Å². The Morgan fingerprint density at radius 3 is 2.78 bits per heavy atom. The van der Waals surface area contributed by atoms with Crippen molar-refractivity contribution in [2.45, 2.75) is 18.9 Å². The van der Waals surface area contributed by atoms with E-state index in [-0.39, 0.29) is 17.9 Å². The van der Waals surface area contributed by atoms with Crippen molar-refractivity contribution in [3.8, 4) is 11.5 Å². The van der Waals surface area contributed by atoms with Gasteiger partial charge < -0.3 is 24.5 Å². The Bertz CT molecular complexity index is 1350. The van der Waals surface area contributed by atoms with Gasteiger partial charge in [0.05, 0.1) is 23.8 Å². The molecule has 0 saturated heterocycles. The number of aliphatic hydroxyl groups excluding tert-OH is 1. The summed E-state index contributed by atoms with van der Waals surface area (Å²) in [5.74, 6) is -2.01. The summed E-state index contributed by atoms with van der Waals surface area (Å²) in [6, 6.07) is 12.6. The molecule has 0 aliphatic carbocycles. The number of ether oxygens (including phenoxy) is 2. The highest BCUT2D eigenvalue weighted by Crippen LogP contribution is 2.36. The van der Waals surface area contributed by atoms with Crippen LogP contribution < -0.4 is 10.1 Å². The predicted molar refractivity (Wildman–Crippen MR) is 135 cm³/mol. The number of aromatic nitrogens is 3. The van der Waals surface area contributed by atoms with E-state index in [1.165, 1.54) is 24.5 Å². The number of rotatable bonds is 12. The van der Waals surface area contributed by atoms with Gasteiger partial charge in [0.25, 0.3) is 5.92 Å². The Balaban J connectivity index is 1.50. The van der Waals surface area contributed by atoms with Crippen molar-refractivity contribution < 1.29 is 23.4 Å². The van der Waals surface area contributed by atoms with Crippen molar-refractivity contribution in [3.05, 3.63) is 84.3 Å². The fraction of sp³-hybridized carbons (Fsp3) is 0.231. The standard InChI is InChI=1S/C26H25ClF2N4O3/c1-2-26(28,29)18-5-3-6-20(15-18)36-23-8-7-19(16-21(23)27)32-25-24-22(30-17-31-25)9-11-33(24)10-4-13-35-14-12-34/h2-3,5-9,11,15-17,34H,1,4,10,12-14H2,(H,30,31,32). The van der Waals surface area contributed by atoms with Gasteiger partial charge >= 0.3 is 0 Å². The maximum Gasteiger partial charge on any atom is 0.291 e. The van der Waals surface area contributed by atoms with Crippen LogP contribution in [0, 0.1) is 0 Å². The summed E-state index contributed by atoms with van der Waals surface area (Å²) in [5, 5.41) is 12.4. The van der Waals surface area contributed by atoms with Gasteiger partial charge in [-0.2, -0.15) is 8.78 Å². The summed E-state index contributed by atoms with van der Waals surface area (Å²) < 4.78 is 41.0. The van der Waals surface area contributed by atoms with E-state index in [0.29, 0.717) is 48.1 Å². The Hall–Kier alpha value is -3.53. The van der Waals surface area contributed by atoms with Crippen molar-refractivity contribution in [3.63, 3.8) is 0 Å². The first-order chi connectivity index (χ1) is 17.4. The molecule has 0 spiro atoms. The van der Waals surface area contributed by atoms with Crippen LogP contribution in [0.5, 0.6) is 11.5 Å². The lowest BCUT2D eigenvalue weighted by molar-refractivity contribution is 0.0523. The van der Waals surface area contributed by atoms with Crippen molar-refractivity contribution in [2.24, 2.45) is 0 Å². The second-order valence-electron chi connectivity index (χ2n) is 7.88. The van der Waals surface area contributed by atoms with E-state index in [1.54, 1.807) is 24.3 Å². The number of halogens is 3. The summed E-state index contributed by atoms with van der Waals surface area (Å²) >= 11 is 6.44. The minimum atomic E-state index is -3.16. The monoisotopic (exact) mass is 514 g/mol. The molecule has 0 aliphatic rings. The molecule has 0 unspecified atom stereocenters. The minimum absolute atomic E-state index is 0.00160. The zero-order chi connectivity index (χ0) is 25.5. The van der Waals surface area contributed by atoms with Crippen molar-refractivity contribution in [1.82, 2.24) is 14.5 Å². The van der Waals surface area contributed by atoms with Crippen LogP contribution in [0.2, 0.25) is 5.02 Å². The van der Waals surface area contributed by atoms with E-state index in [4.69, 9.17) is 26.2 Å². The van der Waals surface area contributed by atoms with Crippen LogP contribution in [0.3, 0.4) is 0 Å². The zero-order valence-corrected chi connectivity index (χ0v) is 20.1.